The summed E-state index contributed by atoms with van der Waals surface area (Å²) in [6, 6.07) is 0.789. The molecule has 0 amide bonds. The molecule has 0 aliphatic rings. The van der Waals surface area contributed by atoms with Crippen molar-refractivity contribution in [3.8, 4) is 0 Å². The molecule has 0 saturated heterocycles. The molecule has 9 heteroatoms. The molecular weight excluding hydrogens is 477 g/mol. The van der Waals surface area contributed by atoms with Gasteiger partial charge in [0.2, 0.25) is 0 Å². The van der Waals surface area contributed by atoms with E-state index in [2.05, 4.69) is 4.98 Å². The summed E-state index contributed by atoms with van der Waals surface area (Å²) in [5.41, 5.74) is -0.598. The van der Waals surface area contributed by atoms with Crippen molar-refractivity contribution >= 4 is 64.9 Å². The lowest BCUT2D eigenvalue weighted by Gasteiger charge is -2.05. The molecule has 0 saturated carbocycles. The normalized spacial score (nSPS) is 12.1. The molecule has 0 unspecified atom stereocenters. The number of pyridine rings is 1. The zero-order valence-electron chi connectivity index (χ0n) is 6.72. The largest absolute Gasteiger partial charge is 0.280 e. The van der Waals surface area contributed by atoms with E-state index in [1.807, 2.05) is 0 Å². The summed E-state index contributed by atoms with van der Waals surface area (Å²) in [7, 11) is 1.08. The quantitative estimate of drug-likeness (QED) is 0.372. The monoisotopic (exact) mass is 479 g/mol. The van der Waals surface area contributed by atoms with Gasteiger partial charge in [0.1, 0.15) is 14.3 Å². The number of rotatable bonds is 2. The third kappa shape index (κ3) is 3.33. The lowest BCUT2D eigenvalue weighted by molar-refractivity contribution is 0.145. The van der Waals surface area contributed by atoms with Crippen LogP contribution in [0.25, 0.3) is 0 Å². The average Bonchev–Trinajstić information content (AvgIpc) is 2.06. The van der Waals surface area contributed by atoms with Crippen LogP contribution in [-0.4, -0.2) is 13.4 Å². The van der Waals surface area contributed by atoms with Gasteiger partial charge < -0.3 is 0 Å². The predicted molar refractivity (Wildman–Crippen MR) is 67.7 cm³/mol. The van der Waals surface area contributed by atoms with Gasteiger partial charge in [-0.05, 0) is 51.2 Å². The molecule has 0 aliphatic carbocycles. The Kier molecular flexibility index (Phi) is 4.52. The first kappa shape index (κ1) is 13.8. The molecule has 0 aromatic carbocycles. The number of hydrogen-bond acceptors (Lipinski definition) is 3. The van der Waals surface area contributed by atoms with Gasteiger partial charge in [-0.1, -0.05) is 0 Å². The molecule has 1 heterocycles. The second kappa shape index (κ2) is 4.92. The van der Waals surface area contributed by atoms with Gasteiger partial charge in [-0.2, -0.15) is 0 Å². The van der Waals surface area contributed by atoms with E-state index in [1.165, 1.54) is 0 Å². The van der Waals surface area contributed by atoms with Crippen LogP contribution in [0.5, 0.6) is 0 Å². The van der Waals surface area contributed by atoms with Crippen molar-refractivity contribution in [2.75, 3.05) is 0 Å². The maximum atomic E-state index is 12.3. The van der Waals surface area contributed by atoms with Gasteiger partial charge in [0, 0.05) is 10.7 Å². The smallest absolute Gasteiger partial charge is 0.240 e. The Morgan fingerprint density at radius 3 is 2.33 bits per heavy atom. The van der Waals surface area contributed by atoms with E-state index in [1.54, 1.807) is 45.2 Å². The fraction of sp³-hybridized carbons (Fsp3) is 0.167. The van der Waals surface area contributed by atoms with Crippen LogP contribution < -0.4 is 0 Å². The molecule has 0 atom stereocenters. The van der Waals surface area contributed by atoms with Gasteiger partial charge in [-0.25, -0.2) is 22.2 Å². The van der Waals surface area contributed by atoms with Gasteiger partial charge >= 0.3 is 0 Å². The lowest BCUT2D eigenvalue weighted by atomic mass is 10.4. The van der Waals surface area contributed by atoms with Crippen LogP contribution >= 0.6 is 55.9 Å². The minimum Gasteiger partial charge on any atom is -0.240 e. The Labute approximate surface area is 116 Å². The zero-order chi connectivity index (χ0) is 11.8. The third-order valence-electron chi connectivity index (χ3n) is 1.39. The highest BCUT2D eigenvalue weighted by atomic mass is 127. The number of halogens is 5. The average molecular weight is 479 g/mol. The molecule has 0 bridgehead atoms. The Morgan fingerprint density at radius 2 is 1.93 bits per heavy atom. The summed E-state index contributed by atoms with van der Waals surface area (Å²) in [6.45, 7) is 0. The van der Waals surface area contributed by atoms with E-state index in [0.29, 0.717) is 0 Å². The molecule has 0 N–H and O–H groups in total. The molecule has 0 aliphatic heterocycles. The van der Waals surface area contributed by atoms with E-state index in [0.717, 1.165) is 6.07 Å². The number of nitrogens with zero attached hydrogens (tertiary/aromatic N) is 1. The van der Waals surface area contributed by atoms with Crippen LogP contribution in [0.3, 0.4) is 0 Å². The number of aromatic nitrogens is 1. The fourth-order valence-electron chi connectivity index (χ4n) is 0.783. The molecule has 0 spiro atoms. The van der Waals surface area contributed by atoms with Gasteiger partial charge in [-0.3, -0.25) is 0 Å². The summed E-state index contributed by atoms with van der Waals surface area (Å²) in [5.74, 6) is 0. The standard InChI is InChI=1S/C6H2ClF2I2NO2S/c7-15(13,14)3-1-2(5(8)9)12-6(11)4(3)10/h1,5H. The van der Waals surface area contributed by atoms with Gasteiger partial charge in [0.15, 0.2) is 0 Å². The first-order valence-corrected chi connectivity index (χ1v) is 7.79. The maximum absolute atomic E-state index is 12.3. The van der Waals surface area contributed by atoms with Gasteiger partial charge in [-0.15, -0.1) is 0 Å². The molecule has 15 heavy (non-hydrogen) atoms. The second-order valence-corrected chi connectivity index (χ2v) is 7.02. The summed E-state index contributed by atoms with van der Waals surface area (Å²) in [4.78, 5) is 3.22. The zero-order valence-corrected chi connectivity index (χ0v) is 12.6. The van der Waals surface area contributed by atoms with Crippen LogP contribution in [0.2, 0.25) is 0 Å². The molecule has 1 aromatic rings. The molecule has 1 rings (SSSR count). The first-order chi connectivity index (χ1) is 6.73. The Bertz CT molecular complexity index is 494. The van der Waals surface area contributed by atoms with Gasteiger partial charge in [0.05, 0.1) is 3.57 Å². The Morgan fingerprint density at radius 1 is 1.40 bits per heavy atom. The van der Waals surface area contributed by atoms with Crippen LogP contribution in [0.15, 0.2) is 11.0 Å². The van der Waals surface area contributed by atoms with E-state index in [-0.39, 0.29) is 12.2 Å². The number of alkyl halides is 2. The van der Waals surface area contributed by atoms with Crippen molar-refractivity contribution in [1.29, 1.82) is 0 Å². The highest BCUT2D eigenvalue weighted by Gasteiger charge is 2.21. The Hall–Kier alpha value is 0.710. The maximum Gasteiger partial charge on any atom is 0.280 e. The van der Waals surface area contributed by atoms with Crippen LogP contribution in [0, 0.1) is 7.27 Å². The molecule has 1 aromatic heterocycles. The summed E-state index contributed by atoms with van der Waals surface area (Å²) in [6.07, 6.45) is -2.83. The van der Waals surface area contributed by atoms with E-state index >= 15 is 0 Å². The van der Waals surface area contributed by atoms with Crippen molar-refractivity contribution in [2.24, 2.45) is 0 Å². The van der Waals surface area contributed by atoms with E-state index < -0.39 is 21.2 Å². The van der Waals surface area contributed by atoms with E-state index in [9.17, 15) is 17.2 Å². The van der Waals surface area contributed by atoms with E-state index in [4.69, 9.17) is 10.7 Å². The molecule has 3 nitrogen and oxygen atoms in total. The van der Waals surface area contributed by atoms with Crippen molar-refractivity contribution in [3.63, 3.8) is 0 Å². The van der Waals surface area contributed by atoms with Crippen LogP contribution in [0.4, 0.5) is 8.78 Å². The predicted octanol–water partition coefficient (Wildman–Crippen LogP) is 3.16. The van der Waals surface area contributed by atoms with Crippen molar-refractivity contribution in [2.45, 2.75) is 11.3 Å². The molecule has 84 valence electrons. The third-order valence-corrected chi connectivity index (χ3v) is 6.01. The topological polar surface area (TPSA) is 47.0 Å². The first-order valence-electron chi connectivity index (χ1n) is 3.32. The van der Waals surface area contributed by atoms with Gasteiger partial charge in [0.25, 0.3) is 15.5 Å². The molecular formula is C6H2ClF2I2NO2S. The minimum atomic E-state index is -4.03. The summed E-state index contributed by atoms with van der Waals surface area (Å²) >= 11 is 3.37. The van der Waals surface area contributed by atoms with Crippen molar-refractivity contribution < 1.29 is 17.2 Å². The minimum absolute atomic E-state index is 0.185. The van der Waals surface area contributed by atoms with Crippen molar-refractivity contribution in [3.05, 3.63) is 19.0 Å². The fourth-order valence-corrected chi connectivity index (χ4v) is 4.01. The highest BCUT2D eigenvalue weighted by Crippen LogP contribution is 2.29. The van der Waals surface area contributed by atoms with Crippen molar-refractivity contribution in [1.82, 2.24) is 4.98 Å². The SMILES string of the molecule is O=S(=O)(Cl)c1cc(C(F)F)nc(I)c1I. The molecule has 0 radical (unpaired) electrons. The number of hydrogen-bond donors (Lipinski definition) is 0. The molecule has 0 fully saturated rings. The highest BCUT2D eigenvalue weighted by molar-refractivity contribution is 14.1. The summed E-state index contributed by atoms with van der Waals surface area (Å²) < 4.78 is 47.2. The summed E-state index contributed by atoms with van der Waals surface area (Å²) in [5, 5.41) is 0. The second-order valence-electron chi connectivity index (χ2n) is 2.39. The van der Waals surface area contributed by atoms with Crippen LogP contribution in [0.1, 0.15) is 12.1 Å². The lowest BCUT2D eigenvalue weighted by Crippen LogP contribution is -2.03. The van der Waals surface area contributed by atoms with Crippen LogP contribution in [-0.2, 0) is 9.05 Å². The Balaban J connectivity index is 3.52.